The van der Waals surface area contributed by atoms with E-state index in [4.69, 9.17) is 16.7 Å². The van der Waals surface area contributed by atoms with E-state index in [1.807, 2.05) is 24.3 Å². The van der Waals surface area contributed by atoms with Gasteiger partial charge in [-0.3, -0.25) is 4.79 Å². The van der Waals surface area contributed by atoms with Crippen molar-refractivity contribution in [1.82, 2.24) is 4.90 Å². The van der Waals surface area contributed by atoms with Gasteiger partial charge in [0.05, 0.1) is 12.4 Å². The maximum absolute atomic E-state index is 11.6. The molecule has 1 aromatic rings. The average molecular weight is 258 g/mol. The molecule has 0 radical (unpaired) electrons. The monoisotopic (exact) mass is 257 g/mol. The summed E-state index contributed by atoms with van der Waals surface area (Å²) in [6.45, 7) is 0.342. The van der Waals surface area contributed by atoms with Gasteiger partial charge in [-0.25, -0.2) is 0 Å². The fraction of sp³-hybridized carbons (Fsp3) is 0.364. The summed E-state index contributed by atoms with van der Waals surface area (Å²) in [6.07, 6.45) is 0. The van der Waals surface area contributed by atoms with Crippen molar-refractivity contribution in [3.8, 4) is 0 Å². The smallest absolute Gasteiger partial charge is 0.233 e. The Labute approximate surface area is 103 Å². The number of rotatable bonds is 3. The van der Waals surface area contributed by atoms with Crippen molar-refractivity contribution in [1.29, 1.82) is 0 Å². The molecule has 16 heavy (non-hydrogen) atoms. The highest BCUT2D eigenvalue weighted by molar-refractivity contribution is 8.00. The van der Waals surface area contributed by atoms with E-state index in [2.05, 4.69) is 0 Å². The van der Waals surface area contributed by atoms with Crippen LogP contribution in [-0.2, 0) is 4.79 Å². The second-order valence-corrected chi connectivity index (χ2v) is 4.97. The Morgan fingerprint density at radius 2 is 2.25 bits per heavy atom. The van der Waals surface area contributed by atoms with Crippen molar-refractivity contribution in [2.75, 3.05) is 18.9 Å². The second-order valence-electron chi connectivity index (χ2n) is 3.50. The van der Waals surface area contributed by atoms with E-state index in [1.54, 1.807) is 16.7 Å². The van der Waals surface area contributed by atoms with Crippen LogP contribution in [0.25, 0.3) is 0 Å². The number of thioether (sulfide) groups is 1. The van der Waals surface area contributed by atoms with Crippen LogP contribution in [-0.4, -0.2) is 34.8 Å². The molecule has 1 amide bonds. The van der Waals surface area contributed by atoms with Gasteiger partial charge in [-0.05, 0) is 6.07 Å². The van der Waals surface area contributed by atoms with Gasteiger partial charge < -0.3 is 10.0 Å². The minimum atomic E-state index is -0.0617. The average Bonchev–Trinajstić information content (AvgIpc) is 2.62. The third-order valence-corrected chi connectivity index (χ3v) is 4.06. The van der Waals surface area contributed by atoms with Crippen LogP contribution in [0.4, 0.5) is 0 Å². The molecule has 0 aromatic heterocycles. The Morgan fingerprint density at radius 1 is 1.50 bits per heavy atom. The molecule has 1 N–H and O–H groups in total. The van der Waals surface area contributed by atoms with Crippen LogP contribution in [0.1, 0.15) is 10.9 Å². The molecule has 1 aromatic carbocycles. The Morgan fingerprint density at radius 3 is 2.94 bits per heavy atom. The predicted octanol–water partition coefficient (Wildman–Crippen LogP) is 1.91. The number of β-amino-alcohol motifs (C(OH)–C–C–N with tert-alkyl or cyclic N) is 1. The van der Waals surface area contributed by atoms with E-state index >= 15 is 0 Å². The summed E-state index contributed by atoms with van der Waals surface area (Å²) in [5.74, 6) is 0.513. The summed E-state index contributed by atoms with van der Waals surface area (Å²) in [5.41, 5.74) is 0.938. The van der Waals surface area contributed by atoms with E-state index in [1.165, 1.54) is 0 Å². The number of carbonyl (C=O) groups is 1. The van der Waals surface area contributed by atoms with E-state index < -0.39 is 0 Å². The van der Waals surface area contributed by atoms with E-state index in [0.717, 1.165) is 5.56 Å². The Kier molecular flexibility index (Phi) is 3.74. The number of aliphatic hydroxyl groups excluding tert-OH is 1. The van der Waals surface area contributed by atoms with Gasteiger partial charge in [-0.1, -0.05) is 29.8 Å². The van der Waals surface area contributed by atoms with Crippen molar-refractivity contribution in [2.24, 2.45) is 0 Å². The summed E-state index contributed by atoms with van der Waals surface area (Å²) in [5, 5.41) is 9.55. The zero-order valence-electron chi connectivity index (χ0n) is 8.60. The van der Waals surface area contributed by atoms with Gasteiger partial charge in [0.25, 0.3) is 0 Å². The molecule has 5 heteroatoms. The standard InChI is InChI=1S/C11H12ClNO2S/c12-9-4-2-1-3-8(9)11-13(5-6-14)10(15)7-16-11/h1-4,11,14H,5-7H2/t11-/m1/s1. The number of nitrogens with zero attached hydrogens (tertiary/aromatic N) is 1. The normalized spacial score (nSPS) is 20.5. The third-order valence-electron chi connectivity index (χ3n) is 2.48. The van der Waals surface area contributed by atoms with Crippen molar-refractivity contribution < 1.29 is 9.90 Å². The quantitative estimate of drug-likeness (QED) is 0.899. The molecule has 0 saturated carbocycles. The molecule has 0 spiro atoms. The number of hydrogen-bond acceptors (Lipinski definition) is 3. The molecule has 0 aliphatic carbocycles. The van der Waals surface area contributed by atoms with Crippen molar-refractivity contribution in [2.45, 2.75) is 5.37 Å². The van der Waals surface area contributed by atoms with Crippen LogP contribution in [0.2, 0.25) is 5.02 Å². The molecule has 86 valence electrons. The Bertz CT molecular complexity index is 399. The number of carbonyl (C=O) groups excluding carboxylic acids is 1. The fourth-order valence-corrected chi connectivity index (χ4v) is 3.29. The SMILES string of the molecule is O=C1CS[C@H](c2ccccc2Cl)N1CCO. The molecule has 1 atom stereocenters. The zero-order valence-corrected chi connectivity index (χ0v) is 10.2. The highest BCUT2D eigenvalue weighted by Crippen LogP contribution is 2.40. The molecule has 1 aliphatic heterocycles. The summed E-state index contributed by atoms with van der Waals surface area (Å²) in [6, 6.07) is 7.51. The van der Waals surface area contributed by atoms with Crippen LogP contribution < -0.4 is 0 Å². The van der Waals surface area contributed by atoms with Crippen LogP contribution in [0.5, 0.6) is 0 Å². The number of amides is 1. The van der Waals surface area contributed by atoms with Gasteiger partial charge in [0.2, 0.25) is 5.91 Å². The zero-order chi connectivity index (χ0) is 11.5. The number of aliphatic hydroxyl groups is 1. The molecule has 2 rings (SSSR count). The molecule has 1 aliphatic rings. The first-order valence-electron chi connectivity index (χ1n) is 5.00. The lowest BCUT2D eigenvalue weighted by molar-refractivity contribution is -0.128. The fourth-order valence-electron chi connectivity index (χ4n) is 1.74. The van der Waals surface area contributed by atoms with E-state index in [-0.39, 0.29) is 17.9 Å². The van der Waals surface area contributed by atoms with Gasteiger partial charge in [-0.15, -0.1) is 11.8 Å². The van der Waals surface area contributed by atoms with Crippen molar-refractivity contribution >= 4 is 29.3 Å². The van der Waals surface area contributed by atoms with Crippen molar-refractivity contribution in [3.05, 3.63) is 34.9 Å². The molecular weight excluding hydrogens is 246 g/mol. The summed E-state index contributed by atoms with van der Waals surface area (Å²) in [7, 11) is 0. The first kappa shape index (κ1) is 11.8. The maximum atomic E-state index is 11.6. The topological polar surface area (TPSA) is 40.5 Å². The van der Waals surface area contributed by atoms with Crippen molar-refractivity contribution in [3.63, 3.8) is 0 Å². The third kappa shape index (κ3) is 2.19. The van der Waals surface area contributed by atoms with E-state index in [0.29, 0.717) is 17.3 Å². The second kappa shape index (κ2) is 5.08. The van der Waals surface area contributed by atoms with Crippen LogP contribution >= 0.6 is 23.4 Å². The molecule has 1 fully saturated rings. The molecule has 3 nitrogen and oxygen atoms in total. The summed E-state index contributed by atoms with van der Waals surface area (Å²) < 4.78 is 0. The highest BCUT2D eigenvalue weighted by atomic mass is 35.5. The lowest BCUT2D eigenvalue weighted by atomic mass is 10.2. The Hall–Kier alpha value is -0.710. The predicted molar refractivity (Wildman–Crippen MR) is 65.4 cm³/mol. The molecule has 1 saturated heterocycles. The molecule has 0 unspecified atom stereocenters. The molecule has 0 bridgehead atoms. The maximum Gasteiger partial charge on any atom is 0.233 e. The van der Waals surface area contributed by atoms with Gasteiger partial charge in [0.15, 0.2) is 0 Å². The van der Waals surface area contributed by atoms with Crippen LogP contribution in [0, 0.1) is 0 Å². The highest BCUT2D eigenvalue weighted by Gasteiger charge is 2.33. The minimum absolute atomic E-state index is 0.0206. The summed E-state index contributed by atoms with van der Waals surface area (Å²) >= 11 is 7.65. The number of benzene rings is 1. The lowest BCUT2D eigenvalue weighted by Gasteiger charge is -2.23. The van der Waals surface area contributed by atoms with Gasteiger partial charge in [0, 0.05) is 17.1 Å². The minimum Gasteiger partial charge on any atom is -0.395 e. The summed E-state index contributed by atoms with van der Waals surface area (Å²) in [4.78, 5) is 13.3. The van der Waals surface area contributed by atoms with Crippen LogP contribution in [0.15, 0.2) is 24.3 Å². The molecule has 1 heterocycles. The Balaban J connectivity index is 2.27. The van der Waals surface area contributed by atoms with E-state index in [9.17, 15) is 4.79 Å². The number of hydrogen-bond donors (Lipinski definition) is 1. The number of halogens is 1. The first-order valence-corrected chi connectivity index (χ1v) is 6.43. The lowest BCUT2D eigenvalue weighted by Crippen LogP contribution is -2.31. The largest absolute Gasteiger partial charge is 0.395 e. The first-order chi connectivity index (χ1) is 7.74. The van der Waals surface area contributed by atoms with Crippen LogP contribution in [0.3, 0.4) is 0 Å². The van der Waals surface area contributed by atoms with Gasteiger partial charge in [-0.2, -0.15) is 0 Å². The van der Waals surface area contributed by atoms with Gasteiger partial charge in [0.1, 0.15) is 5.37 Å². The van der Waals surface area contributed by atoms with Gasteiger partial charge >= 0.3 is 0 Å². The molecular formula is C11H12ClNO2S.